The molecule has 1 aromatic heterocycles. The average molecular weight is 236 g/mol. The molecule has 0 aliphatic carbocycles. The van der Waals surface area contributed by atoms with Gasteiger partial charge in [0, 0.05) is 18.7 Å². The highest BCUT2D eigenvalue weighted by Gasteiger charge is 2.16. The van der Waals surface area contributed by atoms with Crippen molar-refractivity contribution in [3.8, 4) is 5.88 Å². The molecule has 3 N–H and O–H groups in total. The van der Waals surface area contributed by atoms with Crippen LogP contribution in [0, 0.1) is 6.92 Å². The lowest BCUT2D eigenvalue weighted by atomic mass is 10.1. The molecule has 88 valence electrons. The second-order valence-corrected chi connectivity index (χ2v) is 3.34. The number of hydrogen-bond donors (Lipinski definition) is 2. The van der Waals surface area contributed by atoms with Gasteiger partial charge in [-0.25, -0.2) is 4.68 Å². The predicted molar refractivity (Wildman–Crippen MR) is 60.5 cm³/mol. The summed E-state index contributed by atoms with van der Waals surface area (Å²) in [6.07, 6.45) is 0.583. The second kappa shape index (κ2) is 5.95. The van der Waals surface area contributed by atoms with Crippen LogP contribution in [0.15, 0.2) is 0 Å². The minimum absolute atomic E-state index is 0. The van der Waals surface area contributed by atoms with Gasteiger partial charge < -0.3 is 15.6 Å². The molecule has 0 fully saturated rings. The van der Waals surface area contributed by atoms with E-state index in [2.05, 4.69) is 5.10 Å². The van der Waals surface area contributed by atoms with Crippen LogP contribution < -0.4 is 10.5 Å². The molecule has 0 aliphatic heterocycles. The zero-order chi connectivity index (χ0) is 10.7. The van der Waals surface area contributed by atoms with Gasteiger partial charge in [0.15, 0.2) is 0 Å². The molecule has 1 rings (SSSR count). The molecule has 5 nitrogen and oxygen atoms in total. The molecular formula is C9H18ClN3O2. The number of methoxy groups -OCH3 is 1. The number of nitrogens with zero attached hydrogens (tertiary/aromatic N) is 2. The van der Waals surface area contributed by atoms with Crippen LogP contribution in [0.5, 0.6) is 5.88 Å². The Kier molecular flexibility index (Phi) is 5.64. The maximum Gasteiger partial charge on any atom is 0.214 e. The van der Waals surface area contributed by atoms with Crippen LogP contribution in [-0.4, -0.2) is 34.6 Å². The fourth-order valence-corrected chi connectivity index (χ4v) is 1.50. The van der Waals surface area contributed by atoms with Crippen LogP contribution in [0.3, 0.4) is 0 Å². The topological polar surface area (TPSA) is 73.3 Å². The van der Waals surface area contributed by atoms with Crippen molar-refractivity contribution in [2.45, 2.75) is 19.4 Å². The van der Waals surface area contributed by atoms with E-state index in [1.165, 1.54) is 0 Å². The molecule has 0 bridgehead atoms. The molecule has 1 atom stereocenters. The number of aliphatic hydroxyl groups excluding tert-OH is 1. The first-order valence-corrected chi connectivity index (χ1v) is 4.53. The Morgan fingerprint density at radius 2 is 2.20 bits per heavy atom. The summed E-state index contributed by atoms with van der Waals surface area (Å²) in [6.45, 7) is 1.87. The van der Waals surface area contributed by atoms with Crippen LogP contribution in [0.4, 0.5) is 0 Å². The molecule has 6 heteroatoms. The molecule has 1 aromatic rings. The highest BCUT2D eigenvalue weighted by Crippen LogP contribution is 2.21. The number of ether oxygens (including phenoxy) is 1. The van der Waals surface area contributed by atoms with E-state index >= 15 is 0 Å². The highest BCUT2D eigenvalue weighted by molar-refractivity contribution is 5.85. The van der Waals surface area contributed by atoms with E-state index < -0.39 is 0 Å². The molecule has 0 amide bonds. The molecule has 0 saturated heterocycles. The van der Waals surface area contributed by atoms with E-state index in [-0.39, 0.29) is 25.1 Å². The SMILES string of the molecule is COc1c(CC(N)CO)c(C)nn1C.Cl. The normalized spacial score (nSPS) is 12.1. The third-order valence-corrected chi connectivity index (χ3v) is 2.18. The summed E-state index contributed by atoms with van der Waals surface area (Å²) in [5.41, 5.74) is 7.53. The summed E-state index contributed by atoms with van der Waals surface area (Å²) in [7, 11) is 3.42. The van der Waals surface area contributed by atoms with Crippen LogP contribution in [0.2, 0.25) is 0 Å². The fraction of sp³-hybridized carbons (Fsp3) is 0.667. The van der Waals surface area contributed by atoms with E-state index in [1.54, 1.807) is 11.8 Å². The average Bonchev–Trinajstić information content (AvgIpc) is 2.41. The van der Waals surface area contributed by atoms with Gasteiger partial charge in [-0.1, -0.05) is 0 Å². The molecule has 0 radical (unpaired) electrons. The quantitative estimate of drug-likeness (QED) is 0.772. The van der Waals surface area contributed by atoms with Gasteiger partial charge in [0.2, 0.25) is 5.88 Å². The molecule has 0 aromatic carbocycles. The monoisotopic (exact) mass is 235 g/mol. The predicted octanol–water partition coefficient (Wildman–Crippen LogP) is 0.0210. The lowest BCUT2D eigenvalue weighted by Gasteiger charge is -2.09. The van der Waals surface area contributed by atoms with Crippen molar-refractivity contribution in [3.05, 3.63) is 11.3 Å². The largest absolute Gasteiger partial charge is 0.481 e. The van der Waals surface area contributed by atoms with Crippen molar-refractivity contribution in [2.75, 3.05) is 13.7 Å². The third-order valence-electron chi connectivity index (χ3n) is 2.18. The van der Waals surface area contributed by atoms with Crippen molar-refractivity contribution >= 4 is 12.4 Å². The van der Waals surface area contributed by atoms with Gasteiger partial charge in [0.1, 0.15) is 0 Å². The number of nitrogens with two attached hydrogens (primary N) is 1. The number of aryl methyl sites for hydroxylation is 2. The Balaban J connectivity index is 0.00000196. The molecule has 1 unspecified atom stereocenters. The summed E-state index contributed by atoms with van der Waals surface area (Å²) in [5, 5.41) is 13.1. The number of rotatable bonds is 4. The van der Waals surface area contributed by atoms with Crippen molar-refractivity contribution in [1.82, 2.24) is 9.78 Å². The minimum Gasteiger partial charge on any atom is -0.481 e. The first-order valence-electron chi connectivity index (χ1n) is 4.53. The highest BCUT2D eigenvalue weighted by atomic mass is 35.5. The smallest absolute Gasteiger partial charge is 0.214 e. The summed E-state index contributed by atoms with van der Waals surface area (Å²) in [5.74, 6) is 0.714. The zero-order valence-electron chi connectivity index (χ0n) is 9.23. The number of halogens is 1. The summed E-state index contributed by atoms with van der Waals surface area (Å²) in [4.78, 5) is 0. The number of hydrogen-bond acceptors (Lipinski definition) is 4. The Labute approximate surface area is 95.6 Å². The molecule has 0 saturated carbocycles. The van der Waals surface area contributed by atoms with E-state index in [1.807, 2.05) is 14.0 Å². The van der Waals surface area contributed by atoms with Crippen LogP contribution in [0.1, 0.15) is 11.3 Å². The van der Waals surface area contributed by atoms with E-state index in [4.69, 9.17) is 15.6 Å². The molecular weight excluding hydrogens is 218 g/mol. The molecule has 1 heterocycles. The van der Waals surface area contributed by atoms with Gasteiger partial charge in [-0.3, -0.25) is 0 Å². The maximum atomic E-state index is 8.86. The van der Waals surface area contributed by atoms with Crippen LogP contribution in [-0.2, 0) is 13.5 Å². The van der Waals surface area contributed by atoms with E-state index in [9.17, 15) is 0 Å². The van der Waals surface area contributed by atoms with Crippen LogP contribution in [0.25, 0.3) is 0 Å². The van der Waals surface area contributed by atoms with Crippen molar-refractivity contribution in [2.24, 2.45) is 12.8 Å². The summed E-state index contributed by atoms with van der Waals surface area (Å²) >= 11 is 0. The van der Waals surface area contributed by atoms with Crippen molar-refractivity contribution in [1.29, 1.82) is 0 Å². The summed E-state index contributed by atoms with van der Waals surface area (Å²) in [6, 6.07) is -0.258. The Morgan fingerprint density at radius 3 is 2.67 bits per heavy atom. The zero-order valence-corrected chi connectivity index (χ0v) is 10.0. The Morgan fingerprint density at radius 1 is 1.60 bits per heavy atom. The molecule has 0 spiro atoms. The van der Waals surface area contributed by atoms with Gasteiger partial charge in [-0.05, 0) is 13.3 Å². The number of aromatic nitrogens is 2. The van der Waals surface area contributed by atoms with Crippen molar-refractivity contribution in [3.63, 3.8) is 0 Å². The standard InChI is InChI=1S/C9H17N3O2.ClH/c1-6-8(4-7(10)5-13)9(14-3)12(2)11-6;/h7,13H,4-5,10H2,1-3H3;1H. The van der Waals surface area contributed by atoms with Gasteiger partial charge in [-0.2, -0.15) is 5.10 Å². The summed E-state index contributed by atoms with van der Waals surface area (Å²) < 4.78 is 6.88. The van der Waals surface area contributed by atoms with Gasteiger partial charge >= 0.3 is 0 Å². The molecule has 15 heavy (non-hydrogen) atoms. The lowest BCUT2D eigenvalue weighted by molar-refractivity contribution is 0.264. The third kappa shape index (κ3) is 3.09. The molecule has 0 aliphatic rings. The second-order valence-electron chi connectivity index (χ2n) is 3.34. The van der Waals surface area contributed by atoms with Gasteiger partial charge in [0.05, 0.1) is 19.4 Å². The van der Waals surface area contributed by atoms with E-state index in [0.29, 0.717) is 12.3 Å². The van der Waals surface area contributed by atoms with Gasteiger partial charge in [0.25, 0.3) is 0 Å². The number of aliphatic hydroxyl groups is 1. The van der Waals surface area contributed by atoms with Gasteiger partial charge in [-0.15, -0.1) is 12.4 Å². The maximum absolute atomic E-state index is 8.86. The Bertz CT molecular complexity index is 315. The van der Waals surface area contributed by atoms with E-state index in [0.717, 1.165) is 11.3 Å². The lowest BCUT2D eigenvalue weighted by Crippen LogP contribution is -2.27. The first-order chi connectivity index (χ1) is 6.60. The van der Waals surface area contributed by atoms with Crippen LogP contribution >= 0.6 is 12.4 Å². The van der Waals surface area contributed by atoms with Crippen molar-refractivity contribution < 1.29 is 9.84 Å². The fourth-order valence-electron chi connectivity index (χ4n) is 1.50. The first kappa shape index (κ1) is 14.2. The Hall–Kier alpha value is -0.780. The minimum atomic E-state index is -0.258.